The number of rotatable bonds is 4. The first-order valence-corrected chi connectivity index (χ1v) is 9.31. The number of benzene rings is 2. The second-order valence-corrected chi connectivity index (χ2v) is 6.71. The van der Waals surface area contributed by atoms with Crippen molar-refractivity contribution in [2.24, 2.45) is 0 Å². The van der Waals surface area contributed by atoms with Crippen molar-refractivity contribution in [1.82, 2.24) is 9.88 Å². The van der Waals surface area contributed by atoms with Crippen LogP contribution in [0.4, 0.5) is 5.69 Å². The van der Waals surface area contributed by atoms with Gasteiger partial charge in [0.15, 0.2) is 0 Å². The number of amides is 2. The van der Waals surface area contributed by atoms with Gasteiger partial charge in [-0.1, -0.05) is 36.4 Å². The van der Waals surface area contributed by atoms with E-state index in [1.165, 1.54) is 0 Å². The molecule has 0 atom stereocenters. The van der Waals surface area contributed by atoms with Crippen molar-refractivity contribution in [3.05, 3.63) is 71.9 Å². The average molecular weight is 375 g/mol. The maximum atomic E-state index is 12.5. The Morgan fingerprint density at radius 1 is 0.964 bits per heavy atom. The van der Waals surface area contributed by atoms with Crippen molar-refractivity contribution in [3.8, 4) is 0 Å². The van der Waals surface area contributed by atoms with Crippen molar-refractivity contribution < 1.29 is 14.3 Å². The molecule has 1 aliphatic rings. The van der Waals surface area contributed by atoms with Crippen LogP contribution in [0.15, 0.2) is 60.7 Å². The summed E-state index contributed by atoms with van der Waals surface area (Å²) in [6.45, 7) is 2.48. The molecule has 6 heteroatoms. The van der Waals surface area contributed by atoms with E-state index in [1.807, 2.05) is 47.4 Å². The Hall–Kier alpha value is -3.25. The van der Waals surface area contributed by atoms with Crippen LogP contribution in [-0.2, 0) is 16.0 Å². The molecule has 1 aromatic heterocycles. The Bertz CT molecular complexity index is 995. The van der Waals surface area contributed by atoms with E-state index in [-0.39, 0.29) is 11.8 Å². The number of nitrogens with zero attached hydrogens (tertiary/aromatic N) is 2. The molecule has 0 aliphatic carbocycles. The van der Waals surface area contributed by atoms with E-state index in [0.29, 0.717) is 44.1 Å². The molecule has 142 valence electrons. The van der Waals surface area contributed by atoms with Crippen molar-refractivity contribution >= 4 is 28.4 Å². The number of morpholine rings is 1. The Morgan fingerprint density at radius 2 is 1.71 bits per heavy atom. The molecule has 0 saturated carbocycles. The van der Waals surface area contributed by atoms with Crippen molar-refractivity contribution in [3.63, 3.8) is 0 Å². The second-order valence-electron chi connectivity index (χ2n) is 6.71. The highest BCUT2D eigenvalue weighted by molar-refractivity contribution is 6.04. The van der Waals surface area contributed by atoms with Crippen LogP contribution in [0, 0.1) is 0 Å². The summed E-state index contributed by atoms with van der Waals surface area (Å²) in [5.41, 5.74) is 2.73. The van der Waals surface area contributed by atoms with Crippen molar-refractivity contribution in [1.29, 1.82) is 0 Å². The Balaban J connectivity index is 1.39. The number of carbonyl (C=O) groups excluding carboxylic acids is 2. The summed E-state index contributed by atoms with van der Waals surface area (Å²) >= 11 is 0. The minimum Gasteiger partial charge on any atom is -0.378 e. The normalized spacial score (nSPS) is 14.1. The largest absolute Gasteiger partial charge is 0.378 e. The number of carbonyl (C=O) groups is 2. The smallest absolute Gasteiger partial charge is 0.274 e. The SMILES string of the molecule is O=C(Nc1ccc(CC(=O)N2CCOCC2)cc1)c1ccc2ccccc2n1. The van der Waals surface area contributed by atoms with Gasteiger partial charge in [-0.25, -0.2) is 4.98 Å². The number of aromatic nitrogens is 1. The fourth-order valence-corrected chi connectivity index (χ4v) is 3.19. The van der Waals surface area contributed by atoms with Gasteiger partial charge in [0.2, 0.25) is 5.91 Å². The fraction of sp³-hybridized carbons (Fsp3) is 0.227. The summed E-state index contributed by atoms with van der Waals surface area (Å²) in [5.74, 6) is -0.164. The summed E-state index contributed by atoms with van der Waals surface area (Å²) in [7, 11) is 0. The third-order valence-corrected chi connectivity index (χ3v) is 4.76. The maximum absolute atomic E-state index is 12.5. The number of fused-ring (bicyclic) bond motifs is 1. The quantitative estimate of drug-likeness (QED) is 0.761. The third-order valence-electron chi connectivity index (χ3n) is 4.76. The van der Waals surface area contributed by atoms with Crippen molar-refractivity contribution in [2.45, 2.75) is 6.42 Å². The molecular weight excluding hydrogens is 354 g/mol. The Labute approximate surface area is 163 Å². The van der Waals surface area contributed by atoms with Gasteiger partial charge in [-0.2, -0.15) is 0 Å². The van der Waals surface area contributed by atoms with E-state index >= 15 is 0 Å². The summed E-state index contributed by atoms with van der Waals surface area (Å²) < 4.78 is 5.27. The van der Waals surface area contributed by atoms with E-state index in [4.69, 9.17) is 4.74 Å². The lowest BCUT2D eigenvalue weighted by atomic mass is 10.1. The molecule has 2 amide bonds. The van der Waals surface area contributed by atoms with Crippen molar-refractivity contribution in [2.75, 3.05) is 31.6 Å². The first kappa shape index (κ1) is 18.1. The lowest BCUT2D eigenvalue weighted by Crippen LogP contribution is -2.41. The predicted octanol–water partition coefficient (Wildman–Crippen LogP) is 2.89. The molecule has 4 rings (SSSR count). The van der Waals surface area contributed by atoms with Gasteiger partial charge in [-0.3, -0.25) is 9.59 Å². The molecule has 0 spiro atoms. The van der Waals surface area contributed by atoms with Crippen LogP contribution >= 0.6 is 0 Å². The molecule has 28 heavy (non-hydrogen) atoms. The number of para-hydroxylation sites is 1. The van der Waals surface area contributed by atoms with Gasteiger partial charge in [-0.15, -0.1) is 0 Å². The molecule has 1 N–H and O–H groups in total. The first-order chi connectivity index (χ1) is 13.7. The highest BCUT2D eigenvalue weighted by atomic mass is 16.5. The zero-order chi connectivity index (χ0) is 19.3. The van der Waals surface area contributed by atoms with Gasteiger partial charge < -0.3 is 15.0 Å². The number of hydrogen-bond acceptors (Lipinski definition) is 4. The highest BCUT2D eigenvalue weighted by Gasteiger charge is 2.17. The molecule has 2 heterocycles. The van der Waals surface area contributed by atoms with Gasteiger partial charge in [0.05, 0.1) is 25.2 Å². The summed E-state index contributed by atoms with van der Waals surface area (Å²) in [4.78, 5) is 31.0. The van der Waals surface area contributed by atoms with Crippen LogP contribution in [0.25, 0.3) is 10.9 Å². The van der Waals surface area contributed by atoms with Crippen LogP contribution in [0.2, 0.25) is 0 Å². The summed E-state index contributed by atoms with van der Waals surface area (Å²) in [6.07, 6.45) is 0.348. The minimum atomic E-state index is -0.261. The lowest BCUT2D eigenvalue weighted by Gasteiger charge is -2.26. The molecule has 3 aromatic rings. The summed E-state index contributed by atoms with van der Waals surface area (Å²) in [5, 5.41) is 3.85. The lowest BCUT2D eigenvalue weighted by molar-refractivity contribution is -0.134. The van der Waals surface area contributed by atoms with Crippen LogP contribution in [-0.4, -0.2) is 48.0 Å². The Kier molecular flexibility index (Phi) is 5.30. The average Bonchev–Trinajstić information content (AvgIpc) is 2.75. The topological polar surface area (TPSA) is 71.5 Å². The molecule has 2 aromatic carbocycles. The van der Waals surface area contributed by atoms with Crippen LogP contribution in [0.5, 0.6) is 0 Å². The molecule has 0 unspecified atom stereocenters. The summed E-state index contributed by atoms with van der Waals surface area (Å²) in [6, 6.07) is 18.6. The number of pyridine rings is 1. The number of anilines is 1. The van der Waals surface area contributed by atoms with E-state index in [9.17, 15) is 9.59 Å². The zero-order valence-corrected chi connectivity index (χ0v) is 15.4. The van der Waals surface area contributed by atoms with Gasteiger partial charge in [0.25, 0.3) is 5.91 Å². The van der Waals surface area contributed by atoms with E-state index in [1.54, 1.807) is 18.2 Å². The van der Waals surface area contributed by atoms with Gasteiger partial charge in [-0.05, 0) is 29.8 Å². The van der Waals surface area contributed by atoms with Gasteiger partial charge in [0, 0.05) is 24.2 Å². The third kappa shape index (κ3) is 4.18. The number of hydrogen-bond donors (Lipinski definition) is 1. The predicted molar refractivity (Wildman–Crippen MR) is 107 cm³/mol. The number of ether oxygens (including phenoxy) is 1. The van der Waals surface area contributed by atoms with E-state index < -0.39 is 0 Å². The monoisotopic (exact) mass is 375 g/mol. The second kappa shape index (κ2) is 8.19. The molecular formula is C22H21N3O3. The van der Waals surface area contributed by atoms with Crippen LogP contribution in [0.1, 0.15) is 16.1 Å². The van der Waals surface area contributed by atoms with Gasteiger partial charge in [0.1, 0.15) is 5.69 Å². The molecule has 1 saturated heterocycles. The molecule has 1 fully saturated rings. The van der Waals surface area contributed by atoms with Gasteiger partial charge >= 0.3 is 0 Å². The van der Waals surface area contributed by atoms with Crippen LogP contribution < -0.4 is 5.32 Å². The molecule has 1 aliphatic heterocycles. The minimum absolute atomic E-state index is 0.0976. The fourth-order valence-electron chi connectivity index (χ4n) is 3.19. The number of nitrogens with one attached hydrogen (secondary N) is 1. The molecule has 0 bridgehead atoms. The molecule has 6 nitrogen and oxygen atoms in total. The standard InChI is InChI=1S/C22H21N3O3/c26-21(25-11-13-28-14-12-25)15-16-5-8-18(9-6-16)23-22(27)20-10-7-17-3-1-2-4-19(17)24-20/h1-10H,11-15H2,(H,23,27). The zero-order valence-electron chi connectivity index (χ0n) is 15.4. The van der Waals surface area contributed by atoms with Crippen LogP contribution in [0.3, 0.4) is 0 Å². The highest BCUT2D eigenvalue weighted by Crippen LogP contribution is 2.15. The van der Waals surface area contributed by atoms with E-state index in [2.05, 4.69) is 10.3 Å². The Morgan fingerprint density at radius 3 is 2.50 bits per heavy atom. The first-order valence-electron chi connectivity index (χ1n) is 9.31. The van der Waals surface area contributed by atoms with E-state index in [0.717, 1.165) is 16.5 Å². The molecule has 0 radical (unpaired) electrons. The maximum Gasteiger partial charge on any atom is 0.274 e.